The van der Waals surface area contributed by atoms with Gasteiger partial charge in [-0.05, 0) is 55.5 Å². The summed E-state index contributed by atoms with van der Waals surface area (Å²) in [7, 11) is 0. The van der Waals surface area contributed by atoms with E-state index in [-0.39, 0.29) is 30.2 Å². The van der Waals surface area contributed by atoms with Crippen molar-refractivity contribution in [3.05, 3.63) is 78.0 Å². The van der Waals surface area contributed by atoms with Crippen molar-refractivity contribution in [3.8, 4) is 17.2 Å². The zero-order valence-electron chi connectivity index (χ0n) is 16.5. The molecule has 1 aromatic heterocycles. The molecule has 0 aliphatic carbocycles. The highest BCUT2D eigenvalue weighted by molar-refractivity contribution is 5.91. The lowest BCUT2D eigenvalue weighted by Gasteiger charge is -2.30. The molecule has 0 bridgehead atoms. The fourth-order valence-electron chi connectivity index (χ4n) is 3.17. The molecule has 4 rings (SSSR count). The van der Waals surface area contributed by atoms with Crippen molar-refractivity contribution in [2.24, 2.45) is 0 Å². The molecule has 1 aliphatic heterocycles. The monoisotopic (exact) mass is 411 g/mol. The Morgan fingerprint density at radius 3 is 2.63 bits per heavy atom. The van der Waals surface area contributed by atoms with Crippen molar-refractivity contribution in [1.29, 1.82) is 0 Å². The summed E-state index contributed by atoms with van der Waals surface area (Å²) in [4.78, 5) is 14.5. The number of carbonyl (C=O) groups is 1. The molecule has 1 amide bonds. The molecule has 0 N–H and O–H groups in total. The first kappa shape index (κ1) is 19.8. The van der Waals surface area contributed by atoms with E-state index in [0.29, 0.717) is 42.7 Å². The van der Waals surface area contributed by atoms with Crippen LogP contribution in [0.2, 0.25) is 0 Å². The predicted molar refractivity (Wildman–Crippen MR) is 107 cm³/mol. The molecule has 1 atom stereocenters. The number of hydrogen-bond acceptors (Lipinski definition) is 5. The number of amides is 1. The molecule has 2 aromatic carbocycles. The van der Waals surface area contributed by atoms with E-state index in [9.17, 15) is 9.18 Å². The molecule has 7 heteroatoms. The van der Waals surface area contributed by atoms with Gasteiger partial charge in [0.25, 0.3) is 5.91 Å². The third kappa shape index (κ3) is 4.56. The van der Waals surface area contributed by atoms with Crippen LogP contribution in [0.15, 0.2) is 65.1 Å². The molecule has 0 saturated heterocycles. The van der Waals surface area contributed by atoms with Crippen LogP contribution in [0.3, 0.4) is 0 Å². The minimum atomic E-state index is -0.330. The van der Waals surface area contributed by atoms with Gasteiger partial charge in [-0.2, -0.15) is 0 Å². The van der Waals surface area contributed by atoms with Crippen LogP contribution in [0, 0.1) is 5.82 Å². The van der Waals surface area contributed by atoms with Gasteiger partial charge in [-0.15, -0.1) is 0 Å². The molecule has 156 valence electrons. The van der Waals surface area contributed by atoms with Gasteiger partial charge in [0.2, 0.25) is 0 Å². The van der Waals surface area contributed by atoms with Crippen LogP contribution in [-0.4, -0.2) is 36.6 Å². The number of carbonyl (C=O) groups excluding carboxylic acids is 1. The number of ether oxygens (including phenoxy) is 3. The number of likely N-dealkylation sites (N-methyl/N-ethyl adjacent to an activating group) is 1. The molecule has 0 spiro atoms. The summed E-state index contributed by atoms with van der Waals surface area (Å²) in [5, 5.41) is 0. The number of rotatable bonds is 7. The van der Waals surface area contributed by atoms with Crippen LogP contribution in [0.25, 0.3) is 0 Å². The lowest BCUT2D eigenvalue weighted by Crippen LogP contribution is -2.43. The van der Waals surface area contributed by atoms with Crippen molar-refractivity contribution in [3.63, 3.8) is 0 Å². The van der Waals surface area contributed by atoms with E-state index in [4.69, 9.17) is 18.6 Å². The Morgan fingerprint density at radius 2 is 1.87 bits per heavy atom. The number of furan rings is 1. The van der Waals surface area contributed by atoms with E-state index >= 15 is 0 Å². The maximum Gasteiger partial charge on any atom is 0.289 e. The van der Waals surface area contributed by atoms with Crippen LogP contribution >= 0.6 is 0 Å². The van der Waals surface area contributed by atoms with Gasteiger partial charge in [-0.25, -0.2) is 4.39 Å². The lowest BCUT2D eigenvalue weighted by molar-refractivity contribution is 0.0453. The average Bonchev–Trinajstić information content (AvgIpc) is 3.25. The van der Waals surface area contributed by atoms with Gasteiger partial charge in [0, 0.05) is 6.54 Å². The summed E-state index contributed by atoms with van der Waals surface area (Å²) in [6.07, 6.45) is -0.264. The highest BCUT2D eigenvalue weighted by Crippen LogP contribution is 2.31. The largest absolute Gasteiger partial charge is 0.486 e. The van der Waals surface area contributed by atoms with Crippen molar-refractivity contribution in [2.45, 2.75) is 19.6 Å². The van der Waals surface area contributed by atoms with Gasteiger partial charge < -0.3 is 23.5 Å². The molecule has 0 fully saturated rings. The van der Waals surface area contributed by atoms with E-state index in [1.165, 1.54) is 24.3 Å². The molecule has 1 unspecified atom stereocenters. The molecule has 0 saturated carbocycles. The standard InChI is InChI=1S/C23H22FNO5/c1-2-25(13-19-15-28-20-5-3-4-6-21(20)30-19)23(26)22-12-11-18(29-22)14-27-17-9-7-16(24)8-10-17/h3-12,19H,2,13-15H2,1H3. The highest BCUT2D eigenvalue weighted by Gasteiger charge is 2.26. The number of hydrogen-bond donors (Lipinski definition) is 0. The van der Waals surface area contributed by atoms with Crippen LogP contribution in [-0.2, 0) is 6.61 Å². The Labute approximate surface area is 173 Å². The predicted octanol–water partition coefficient (Wildman–Crippen LogP) is 4.30. The molecule has 30 heavy (non-hydrogen) atoms. The van der Waals surface area contributed by atoms with Crippen molar-refractivity contribution in [1.82, 2.24) is 4.90 Å². The maximum absolute atomic E-state index is 13.0. The molecule has 3 aromatic rings. The fourth-order valence-corrected chi connectivity index (χ4v) is 3.17. The number of para-hydroxylation sites is 2. The zero-order chi connectivity index (χ0) is 20.9. The number of benzene rings is 2. The molecule has 2 heterocycles. The third-order valence-corrected chi connectivity index (χ3v) is 4.73. The van der Waals surface area contributed by atoms with Crippen LogP contribution in [0.5, 0.6) is 17.2 Å². The minimum absolute atomic E-state index is 0.140. The van der Waals surface area contributed by atoms with E-state index in [0.717, 1.165) is 0 Å². The van der Waals surface area contributed by atoms with Crippen molar-refractivity contribution >= 4 is 5.91 Å². The van der Waals surface area contributed by atoms with Crippen LogP contribution in [0.4, 0.5) is 4.39 Å². The fraction of sp³-hybridized carbons (Fsp3) is 0.261. The average molecular weight is 411 g/mol. The zero-order valence-corrected chi connectivity index (χ0v) is 16.5. The minimum Gasteiger partial charge on any atom is -0.486 e. The van der Waals surface area contributed by atoms with Crippen molar-refractivity contribution in [2.75, 3.05) is 19.7 Å². The van der Waals surface area contributed by atoms with E-state index < -0.39 is 0 Å². The van der Waals surface area contributed by atoms with Gasteiger partial charge in [0.15, 0.2) is 23.4 Å². The lowest BCUT2D eigenvalue weighted by atomic mass is 10.2. The van der Waals surface area contributed by atoms with Gasteiger partial charge in [0.05, 0.1) is 6.54 Å². The first-order valence-corrected chi connectivity index (χ1v) is 9.77. The Hall–Kier alpha value is -3.48. The smallest absolute Gasteiger partial charge is 0.289 e. The third-order valence-electron chi connectivity index (χ3n) is 4.73. The second-order valence-corrected chi connectivity index (χ2v) is 6.85. The van der Waals surface area contributed by atoms with Gasteiger partial charge >= 0.3 is 0 Å². The summed E-state index contributed by atoms with van der Waals surface area (Å²) >= 11 is 0. The van der Waals surface area contributed by atoms with Crippen LogP contribution < -0.4 is 14.2 Å². The second-order valence-electron chi connectivity index (χ2n) is 6.85. The molecule has 6 nitrogen and oxygen atoms in total. The molecule has 1 aliphatic rings. The van der Waals surface area contributed by atoms with Gasteiger partial charge in [0.1, 0.15) is 30.5 Å². The van der Waals surface area contributed by atoms with E-state index in [2.05, 4.69) is 0 Å². The topological polar surface area (TPSA) is 61.1 Å². The SMILES string of the molecule is CCN(CC1COc2ccccc2O1)C(=O)c1ccc(COc2ccc(F)cc2)o1. The Bertz CT molecular complexity index is 1000. The Morgan fingerprint density at radius 1 is 1.10 bits per heavy atom. The Balaban J connectivity index is 1.35. The summed E-state index contributed by atoms with van der Waals surface area (Å²) in [5.41, 5.74) is 0. The summed E-state index contributed by atoms with van der Waals surface area (Å²) in [6.45, 7) is 3.29. The van der Waals surface area contributed by atoms with Crippen LogP contribution in [0.1, 0.15) is 23.2 Å². The highest BCUT2D eigenvalue weighted by atomic mass is 19.1. The number of halogens is 1. The van der Waals surface area contributed by atoms with Gasteiger partial charge in [-0.1, -0.05) is 12.1 Å². The molecular weight excluding hydrogens is 389 g/mol. The second kappa shape index (κ2) is 8.90. The maximum atomic E-state index is 13.0. The summed E-state index contributed by atoms with van der Waals surface area (Å²) < 4.78 is 35.9. The molecule has 0 radical (unpaired) electrons. The normalized spacial score (nSPS) is 14.9. The van der Waals surface area contributed by atoms with Crippen molar-refractivity contribution < 1.29 is 27.8 Å². The van der Waals surface area contributed by atoms with E-state index in [1.54, 1.807) is 17.0 Å². The summed E-state index contributed by atoms with van der Waals surface area (Å²) in [5.74, 6) is 2.08. The quantitative estimate of drug-likeness (QED) is 0.580. The number of nitrogens with zero attached hydrogens (tertiary/aromatic N) is 1. The molecular formula is C23H22FNO5. The van der Waals surface area contributed by atoms with Gasteiger partial charge in [-0.3, -0.25) is 4.79 Å². The Kier molecular flexibility index (Phi) is 5.88. The number of fused-ring (bicyclic) bond motifs is 1. The summed E-state index contributed by atoms with van der Waals surface area (Å²) in [6, 6.07) is 16.5. The van der Waals surface area contributed by atoms with E-state index in [1.807, 2.05) is 31.2 Å². The first-order valence-electron chi connectivity index (χ1n) is 9.77. The first-order chi connectivity index (χ1) is 14.6.